The fourth-order valence-electron chi connectivity index (χ4n) is 2.28. The lowest BCUT2D eigenvalue weighted by molar-refractivity contribution is -0.120. The first-order chi connectivity index (χ1) is 8.88. The van der Waals surface area contributed by atoms with Gasteiger partial charge in [-0.1, -0.05) is 6.42 Å². The summed E-state index contributed by atoms with van der Waals surface area (Å²) in [6, 6.07) is -0.621. The van der Waals surface area contributed by atoms with Crippen LogP contribution in [0.3, 0.4) is 0 Å². The Kier molecular flexibility index (Phi) is 3.91. The highest BCUT2D eigenvalue weighted by Crippen LogP contribution is 2.21. The quantitative estimate of drug-likeness (QED) is 0.858. The van der Waals surface area contributed by atoms with E-state index in [0.29, 0.717) is 18.7 Å². The van der Waals surface area contributed by atoms with Crippen LogP contribution in [-0.4, -0.2) is 47.3 Å². The fraction of sp³-hybridized carbons (Fsp3) is 0.636. The molecular weight excluding hydrogens is 268 g/mol. The molecule has 7 nitrogen and oxygen atoms in total. The van der Waals surface area contributed by atoms with Crippen LogP contribution < -0.4 is 5.32 Å². The second-order valence-corrected chi connectivity index (χ2v) is 6.71. The molecule has 1 aromatic rings. The summed E-state index contributed by atoms with van der Waals surface area (Å²) < 4.78 is 26.2. The van der Waals surface area contributed by atoms with E-state index in [1.807, 2.05) is 0 Å². The molecule has 0 aliphatic carbocycles. The Balaban J connectivity index is 2.12. The van der Waals surface area contributed by atoms with Gasteiger partial charge in [-0.05, 0) is 12.8 Å². The van der Waals surface area contributed by atoms with Gasteiger partial charge in [0.25, 0.3) is 0 Å². The van der Waals surface area contributed by atoms with E-state index in [1.165, 1.54) is 10.5 Å². The van der Waals surface area contributed by atoms with Crippen LogP contribution in [0.1, 0.15) is 19.3 Å². The highest BCUT2D eigenvalue weighted by Gasteiger charge is 2.34. The van der Waals surface area contributed by atoms with Crippen LogP contribution in [0, 0.1) is 0 Å². The van der Waals surface area contributed by atoms with E-state index in [2.05, 4.69) is 10.4 Å². The highest BCUT2D eigenvalue weighted by molar-refractivity contribution is 7.88. The number of rotatable bonds is 3. The summed E-state index contributed by atoms with van der Waals surface area (Å²) in [5.74, 6) is -0.293. The molecule has 0 radical (unpaired) electrons. The summed E-state index contributed by atoms with van der Waals surface area (Å²) in [6.07, 6.45) is 6.56. The number of piperidine rings is 1. The lowest BCUT2D eigenvalue weighted by atomic mass is 10.0. The van der Waals surface area contributed by atoms with E-state index in [-0.39, 0.29) is 5.91 Å². The minimum absolute atomic E-state index is 0.293. The number of hydrogen-bond acceptors (Lipinski definition) is 4. The van der Waals surface area contributed by atoms with Gasteiger partial charge < -0.3 is 5.32 Å². The Morgan fingerprint density at radius 3 is 2.79 bits per heavy atom. The van der Waals surface area contributed by atoms with Gasteiger partial charge in [0.2, 0.25) is 15.9 Å². The monoisotopic (exact) mass is 286 g/mol. The third kappa shape index (κ3) is 3.32. The maximum absolute atomic E-state index is 12.2. The average molecular weight is 286 g/mol. The number of aryl methyl sites for hydroxylation is 1. The lowest BCUT2D eigenvalue weighted by Gasteiger charge is -2.32. The maximum Gasteiger partial charge on any atom is 0.242 e. The van der Waals surface area contributed by atoms with Gasteiger partial charge in [0.15, 0.2) is 0 Å². The molecule has 0 saturated carbocycles. The number of hydrogen-bond donors (Lipinski definition) is 1. The number of amides is 1. The largest absolute Gasteiger partial charge is 0.322 e. The van der Waals surface area contributed by atoms with Crippen molar-refractivity contribution in [2.24, 2.45) is 7.05 Å². The third-order valence-electron chi connectivity index (χ3n) is 3.15. The van der Waals surface area contributed by atoms with E-state index in [9.17, 15) is 13.2 Å². The summed E-state index contributed by atoms with van der Waals surface area (Å²) in [6.45, 7) is 0.407. The first-order valence-electron chi connectivity index (χ1n) is 6.14. The molecule has 8 heteroatoms. The first kappa shape index (κ1) is 14.0. The zero-order valence-corrected chi connectivity index (χ0v) is 11.9. The minimum atomic E-state index is -3.36. The van der Waals surface area contributed by atoms with Gasteiger partial charge in [-0.2, -0.15) is 9.40 Å². The number of carbonyl (C=O) groups excluding carboxylic acids is 1. The molecule has 1 N–H and O–H groups in total. The molecule has 0 spiro atoms. The molecule has 2 heterocycles. The van der Waals surface area contributed by atoms with Crippen molar-refractivity contribution in [2.45, 2.75) is 25.3 Å². The molecule has 1 atom stereocenters. The topological polar surface area (TPSA) is 84.3 Å². The average Bonchev–Trinajstić information content (AvgIpc) is 2.73. The highest BCUT2D eigenvalue weighted by atomic mass is 32.2. The van der Waals surface area contributed by atoms with Crippen molar-refractivity contribution in [1.82, 2.24) is 14.1 Å². The second kappa shape index (κ2) is 5.30. The van der Waals surface area contributed by atoms with Gasteiger partial charge in [0.05, 0.1) is 18.1 Å². The second-order valence-electron chi connectivity index (χ2n) is 4.78. The molecule has 1 saturated heterocycles. The molecule has 1 unspecified atom stereocenters. The third-order valence-corrected chi connectivity index (χ3v) is 4.44. The van der Waals surface area contributed by atoms with Gasteiger partial charge in [-0.3, -0.25) is 9.48 Å². The number of nitrogens with zero attached hydrogens (tertiary/aromatic N) is 3. The van der Waals surface area contributed by atoms with Crippen molar-refractivity contribution in [2.75, 3.05) is 18.1 Å². The van der Waals surface area contributed by atoms with Gasteiger partial charge >= 0.3 is 0 Å². The number of sulfonamides is 1. The van der Waals surface area contributed by atoms with Gasteiger partial charge in [0, 0.05) is 19.8 Å². The Labute approximate surface area is 112 Å². The van der Waals surface area contributed by atoms with Crippen LogP contribution >= 0.6 is 0 Å². The van der Waals surface area contributed by atoms with E-state index in [1.54, 1.807) is 17.9 Å². The van der Waals surface area contributed by atoms with Crippen molar-refractivity contribution >= 4 is 21.6 Å². The number of anilines is 1. The van der Waals surface area contributed by atoms with Crippen molar-refractivity contribution in [1.29, 1.82) is 0 Å². The van der Waals surface area contributed by atoms with Crippen molar-refractivity contribution in [3.05, 3.63) is 12.4 Å². The Morgan fingerprint density at radius 1 is 1.47 bits per heavy atom. The molecule has 2 rings (SSSR count). The van der Waals surface area contributed by atoms with E-state index >= 15 is 0 Å². The van der Waals surface area contributed by atoms with E-state index < -0.39 is 16.1 Å². The molecular formula is C11H18N4O3S. The molecule has 0 aromatic carbocycles. The standard InChI is InChI=1S/C11H18N4O3S/c1-14-8-9(7-12-14)13-11(16)10-5-3-4-6-15(10)19(2,17)18/h7-8,10H,3-6H2,1-2H3,(H,13,16). The zero-order chi connectivity index (χ0) is 14.0. The van der Waals surface area contributed by atoms with Crippen LogP contribution in [0.15, 0.2) is 12.4 Å². The van der Waals surface area contributed by atoms with Gasteiger partial charge in [-0.25, -0.2) is 8.42 Å². The Hall–Kier alpha value is -1.41. The number of nitrogens with one attached hydrogen (secondary N) is 1. The maximum atomic E-state index is 12.2. The Bertz CT molecular complexity index is 566. The molecule has 19 heavy (non-hydrogen) atoms. The van der Waals surface area contributed by atoms with Crippen molar-refractivity contribution in [3.8, 4) is 0 Å². The predicted molar refractivity (Wildman–Crippen MR) is 71.0 cm³/mol. The van der Waals surface area contributed by atoms with Gasteiger partial charge in [-0.15, -0.1) is 0 Å². The first-order valence-corrected chi connectivity index (χ1v) is 7.99. The summed E-state index contributed by atoms with van der Waals surface area (Å²) in [5, 5.41) is 6.66. The van der Waals surface area contributed by atoms with E-state index in [4.69, 9.17) is 0 Å². The smallest absolute Gasteiger partial charge is 0.242 e. The van der Waals surface area contributed by atoms with Crippen LogP contribution in [0.4, 0.5) is 5.69 Å². The molecule has 1 aliphatic heterocycles. The molecule has 1 aromatic heterocycles. The summed E-state index contributed by atoms with van der Waals surface area (Å²) in [7, 11) is -1.61. The number of aromatic nitrogens is 2. The molecule has 1 aliphatic rings. The normalized spacial score (nSPS) is 21.3. The molecule has 1 fully saturated rings. The van der Waals surface area contributed by atoms with Crippen molar-refractivity contribution < 1.29 is 13.2 Å². The Morgan fingerprint density at radius 2 is 2.21 bits per heavy atom. The van der Waals surface area contributed by atoms with E-state index in [0.717, 1.165) is 19.1 Å². The molecule has 1 amide bonds. The SMILES string of the molecule is Cn1cc(NC(=O)C2CCCCN2S(C)(=O)=O)cn1. The van der Waals surface area contributed by atoms with Gasteiger partial charge in [0.1, 0.15) is 6.04 Å². The van der Waals surface area contributed by atoms with Crippen molar-refractivity contribution in [3.63, 3.8) is 0 Å². The fourth-order valence-corrected chi connectivity index (χ4v) is 3.40. The number of carbonyl (C=O) groups is 1. The minimum Gasteiger partial charge on any atom is -0.322 e. The molecule has 106 valence electrons. The molecule has 0 bridgehead atoms. The summed E-state index contributed by atoms with van der Waals surface area (Å²) in [5.41, 5.74) is 0.575. The summed E-state index contributed by atoms with van der Waals surface area (Å²) >= 11 is 0. The van der Waals surface area contributed by atoms with Crippen LogP contribution in [-0.2, 0) is 21.9 Å². The predicted octanol–water partition coefficient (Wildman–Crippen LogP) is 0.173. The van der Waals surface area contributed by atoms with Crippen LogP contribution in [0.5, 0.6) is 0 Å². The summed E-state index contributed by atoms with van der Waals surface area (Å²) in [4.78, 5) is 12.2. The van der Waals surface area contributed by atoms with Crippen LogP contribution in [0.25, 0.3) is 0 Å². The van der Waals surface area contributed by atoms with Crippen LogP contribution in [0.2, 0.25) is 0 Å². The lowest BCUT2D eigenvalue weighted by Crippen LogP contribution is -2.49. The zero-order valence-electron chi connectivity index (χ0n) is 11.0.